The van der Waals surface area contributed by atoms with Crippen molar-refractivity contribution in [2.45, 2.75) is 19.5 Å². The Labute approximate surface area is 133 Å². The van der Waals surface area contributed by atoms with Crippen molar-refractivity contribution in [3.8, 4) is 5.75 Å². The van der Waals surface area contributed by atoms with Gasteiger partial charge < -0.3 is 10.1 Å². The third-order valence-electron chi connectivity index (χ3n) is 3.23. The van der Waals surface area contributed by atoms with Gasteiger partial charge >= 0.3 is 0 Å². The van der Waals surface area contributed by atoms with Crippen LogP contribution in [0.3, 0.4) is 0 Å². The fourth-order valence-electron chi connectivity index (χ4n) is 1.94. The number of ether oxygens (including phenoxy) is 1. The van der Waals surface area contributed by atoms with Crippen LogP contribution in [-0.2, 0) is 6.54 Å². The number of hydrogen-bond acceptors (Lipinski definition) is 2. The van der Waals surface area contributed by atoms with E-state index in [1.807, 2.05) is 30.3 Å². The van der Waals surface area contributed by atoms with E-state index in [9.17, 15) is 0 Å². The zero-order valence-electron chi connectivity index (χ0n) is 11.5. The number of hydrogen-bond donors (Lipinski definition) is 1. The van der Waals surface area contributed by atoms with E-state index < -0.39 is 0 Å². The second-order valence-electron chi connectivity index (χ2n) is 4.61. The molecule has 1 N–H and O–H groups in total. The van der Waals surface area contributed by atoms with Gasteiger partial charge in [0.05, 0.1) is 7.11 Å². The molecule has 1 atom stereocenters. The lowest BCUT2D eigenvalue weighted by Crippen LogP contribution is -2.18. The fourth-order valence-corrected chi connectivity index (χ4v) is 2.76. The van der Waals surface area contributed by atoms with Crippen LogP contribution in [0.5, 0.6) is 5.75 Å². The molecule has 0 aliphatic carbocycles. The molecule has 0 aliphatic rings. The van der Waals surface area contributed by atoms with Crippen molar-refractivity contribution in [2.75, 3.05) is 7.11 Å². The minimum atomic E-state index is 0.267. The van der Waals surface area contributed by atoms with Crippen molar-refractivity contribution >= 4 is 27.5 Å². The first-order valence-corrected chi connectivity index (χ1v) is 7.58. The van der Waals surface area contributed by atoms with Gasteiger partial charge in [-0.3, -0.25) is 0 Å². The summed E-state index contributed by atoms with van der Waals surface area (Å²) in [6.45, 7) is 2.93. The van der Waals surface area contributed by atoms with E-state index in [-0.39, 0.29) is 6.04 Å². The molecule has 106 valence electrons. The van der Waals surface area contributed by atoms with Gasteiger partial charge in [-0.15, -0.1) is 0 Å². The number of halogens is 2. The first kappa shape index (κ1) is 15.4. The van der Waals surface area contributed by atoms with Crippen LogP contribution in [0.4, 0.5) is 0 Å². The Morgan fingerprint density at radius 3 is 2.50 bits per heavy atom. The Morgan fingerprint density at radius 2 is 1.90 bits per heavy atom. The highest BCUT2D eigenvalue weighted by Gasteiger charge is 2.07. The lowest BCUT2D eigenvalue weighted by molar-refractivity contribution is 0.414. The molecule has 0 heterocycles. The van der Waals surface area contributed by atoms with E-state index in [1.54, 1.807) is 7.11 Å². The van der Waals surface area contributed by atoms with E-state index in [1.165, 1.54) is 11.1 Å². The Hall–Kier alpha value is -1.03. The molecule has 0 fully saturated rings. The minimum Gasteiger partial charge on any atom is -0.497 e. The van der Waals surface area contributed by atoms with Gasteiger partial charge in [0.25, 0.3) is 0 Å². The highest BCUT2D eigenvalue weighted by atomic mass is 79.9. The highest BCUT2D eigenvalue weighted by molar-refractivity contribution is 9.10. The van der Waals surface area contributed by atoms with Crippen LogP contribution in [0.1, 0.15) is 24.1 Å². The molecular weight excluding hydrogens is 338 g/mol. The molecule has 2 rings (SSSR count). The predicted molar refractivity (Wildman–Crippen MR) is 87.4 cm³/mol. The summed E-state index contributed by atoms with van der Waals surface area (Å²) >= 11 is 9.47. The molecule has 0 amide bonds. The van der Waals surface area contributed by atoms with Crippen LogP contribution in [0.25, 0.3) is 0 Å². The molecular formula is C16H17BrClNO. The van der Waals surface area contributed by atoms with Crippen molar-refractivity contribution in [2.24, 2.45) is 0 Å². The van der Waals surface area contributed by atoms with Crippen molar-refractivity contribution in [3.63, 3.8) is 0 Å². The maximum Gasteiger partial charge on any atom is 0.118 e. The van der Waals surface area contributed by atoms with Crippen LogP contribution in [0.2, 0.25) is 5.02 Å². The molecule has 0 unspecified atom stereocenters. The molecule has 0 bridgehead atoms. The Kier molecular flexibility index (Phi) is 5.46. The summed E-state index contributed by atoms with van der Waals surface area (Å²) in [5, 5.41) is 4.24. The third kappa shape index (κ3) is 3.98. The fraction of sp³-hybridized carbons (Fsp3) is 0.250. The maximum absolute atomic E-state index is 5.94. The zero-order chi connectivity index (χ0) is 14.5. The average molecular weight is 355 g/mol. The average Bonchev–Trinajstić information content (AvgIpc) is 2.46. The largest absolute Gasteiger partial charge is 0.497 e. The highest BCUT2D eigenvalue weighted by Crippen LogP contribution is 2.23. The van der Waals surface area contributed by atoms with Crippen LogP contribution in [-0.4, -0.2) is 7.11 Å². The van der Waals surface area contributed by atoms with E-state index >= 15 is 0 Å². The molecule has 2 nitrogen and oxygen atoms in total. The van der Waals surface area contributed by atoms with E-state index in [0.29, 0.717) is 0 Å². The summed E-state index contributed by atoms with van der Waals surface area (Å²) in [7, 11) is 1.68. The molecule has 0 aromatic heterocycles. The third-order valence-corrected chi connectivity index (χ3v) is 4.20. The van der Waals surface area contributed by atoms with Crippen molar-refractivity contribution in [1.82, 2.24) is 5.32 Å². The molecule has 0 spiro atoms. The van der Waals surface area contributed by atoms with Gasteiger partial charge in [-0.25, -0.2) is 0 Å². The SMILES string of the molecule is COc1ccc([C@H](C)NCc2ccc(Cl)cc2Br)cc1. The normalized spacial score (nSPS) is 12.2. The first-order chi connectivity index (χ1) is 9.60. The lowest BCUT2D eigenvalue weighted by atomic mass is 10.1. The second-order valence-corrected chi connectivity index (χ2v) is 5.90. The van der Waals surface area contributed by atoms with E-state index in [4.69, 9.17) is 16.3 Å². The van der Waals surface area contributed by atoms with Gasteiger partial charge in [-0.05, 0) is 42.3 Å². The number of benzene rings is 2. The smallest absolute Gasteiger partial charge is 0.118 e. The Bertz CT molecular complexity index is 571. The van der Waals surface area contributed by atoms with Crippen molar-refractivity contribution < 1.29 is 4.74 Å². The predicted octanol–water partition coefficient (Wildman–Crippen LogP) is 4.96. The van der Waals surface area contributed by atoms with Crippen LogP contribution >= 0.6 is 27.5 Å². The first-order valence-electron chi connectivity index (χ1n) is 6.41. The number of rotatable bonds is 5. The Morgan fingerprint density at radius 1 is 1.20 bits per heavy atom. The molecule has 20 heavy (non-hydrogen) atoms. The van der Waals surface area contributed by atoms with Gasteiger partial charge in [0.1, 0.15) is 5.75 Å². The minimum absolute atomic E-state index is 0.267. The summed E-state index contributed by atoms with van der Waals surface area (Å²) < 4.78 is 6.19. The van der Waals surface area contributed by atoms with Crippen LogP contribution in [0, 0.1) is 0 Å². The van der Waals surface area contributed by atoms with E-state index in [0.717, 1.165) is 21.8 Å². The summed E-state index contributed by atoms with van der Waals surface area (Å²) in [6.07, 6.45) is 0. The van der Waals surface area contributed by atoms with Gasteiger partial charge in [0.15, 0.2) is 0 Å². The monoisotopic (exact) mass is 353 g/mol. The lowest BCUT2D eigenvalue weighted by Gasteiger charge is -2.15. The second kappa shape index (κ2) is 7.11. The Balaban J connectivity index is 1.98. The van der Waals surface area contributed by atoms with Gasteiger partial charge in [-0.1, -0.05) is 45.7 Å². The molecule has 2 aromatic carbocycles. The summed E-state index contributed by atoms with van der Waals surface area (Å²) in [4.78, 5) is 0. The standard InChI is InChI=1S/C16H17BrClNO/c1-11(12-4-7-15(20-2)8-5-12)19-10-13-3-6-14(18)9-16(13)17/h3-9,11,19H,10H2,1-2H3/t11-/m0/s1. The zero-order valence-corrected chi connectivity index (χ0v) is 13.8. The van der Waals surface area contributed by atoms with Gasteiger partial charge in [0, 0.05) is 22.1 Å². The summed E-state index contributed by atoms with van der Waals surface area (Å²) in [5.74, 6) is 0.876. The van der Waals surface area contributed by atoms with Crippen LogP contribution in [0.15, 0.2) is 46.9 Å². The van der Waals surface area contributed by atoms with E-state index in [2.05, 4.69) is 40.3 Å². The molecule has 0 saturated heterocycles. The number of methoxy groups -OCH3 is 1. The van der Waals surface area contributed by atoms with Crippen LogP contribution < -0.4 is 10.1 Å². The molecule has 4 heteroatoms. The van der Waals surface area contributed by atoms with Gasteiger partial charge in [-0.2, -0.15) is 0 Å². The van der Waals surface area contributed by atoms with Crippen molar-refractivity contribution in [3.05, 3.63) is 63.1 Å². The molecule has 0 saturated carbocycles. The summed E-state index contributed by atoms with van der Waals surface area (Å²) in [6, 6.07) is 14.2. The molecule has 2 aromatic rings. The number of nitrogens with one attached hydrogen (secondary N) is 1. The van der Waals surface area contributed by atoms with Gasteiger partial charge in [0.2, 0.25) is 0 Å². The molecule has 0 radical (unpaired) electrons. The van der Waals surface area contributed by atoms with Crippen molar-refractivity contribution in [1.29, 1.82) is 0 Å². The quantitative estimate of drug-likeness (QED) is 0.819. The maximum atomic E-state index is 5.94. The summed E-state index contributed by atoms with van der Waals surface area (Å²) in [5.41, 5.74) is 2.42. The molecule has 0 aliphatic heterocycles. The topological polar surface area (TPSA) is 21.3 Å².